The molecule has 3 atom stereocenters. The average molecular weight is 688 g/mol. The number of ether oxygens (including phenoxy) is 1. The van der Waals surface area contributed by atoms with Crippen molar-refractivity contribution in [2.45, 2.75) is 66.9 Å². The number of pyridine rings is 1. The molecule has 0 saturated carbocycles. The zero-order valence-corrected chi connectivity index (χ0v) is 26.7. The van der Waals surface area contributed by atoms with Gasteiger partial charge < -0.3 is 14.7 Å². The van der Waals surface area contributed by atoms with Crippen LogP contribution in [-0.2, 0) is 0 Å². The molecule has 3 aliphatic rings. The van der Waals surface area contributed by atoms with Gasteiger partial charge in [0.05, 0.1) is 22.1 Å². The summed E-state index contributed by atoms with van der Waals surface area (Å²) in [6, 6.07) is 6.86. The number of terminal acetylenes is 1. The predicted molar refractivity (Wildman–Crippen MR) is 171 cm³/mol. The summed E-state index contributed by atoms with van der Waals surface area (Å²) in [6.07, 6.45) is 7.28. The standard InChI is InChI=1S/C34H31F6N5O2S/c1-3-21-23(36)10-9-19-7-4-8-22(24(19)21)27-26(37)28-25(30(41-27)48-34(38,39)40)29(44-13-5-11-32(2,46)17-44)43-31(42-28)47-18-33-12-6-14-45(33)16-20(35)15-33/h1,4,7-10,20,46H,5-6,11-18H2,2H3/t20-,32-,33+/m1/s1. The van der Waals surface area contributed by atoms with Crippen molar-refractivity contribution in [1.29, 1.82) is 0 Å². The molecular weight excluding hydrogens is 656 g/mol. The van der Waals surface area contributed by atoms with E-state index < -0.39 is 62.5 Å². The van der Waals surface area contributed by atoms with Gasteiger partial charge in [0.2, 0.25) is 0 Å². The van der Waals surface area contributed by atoms with Gasteiger partial charge in [0.15, 0.2) is 5.82 Å². The Morgan fingerprint density at radius 1 is 1.08 bits per heavy atom. The molecule has 0 bridgehead atoms. The van der Waals surface area contributed by atoms with Crippen molar-refractivity contribution in [3.63, 3.8) is 0 Å². The van der Waals surface area contributed by atoms with Crippen molar-refractivity contribution in [3.8, 4) is 29.6 Å². The second kappa shape index (κ2) is 12.0. The highest BCUT2D eigenvalue weighted by molar-refractivity contribution is 8.00. The largest absolute Gasteiger partial charge is 0.461 e. The normalized spacial score (nSPS) is 24.7. The van der Waals surface area contributed by atoms with Crippen LogP contribution in [0.15, 0.2) is 35.4 Å². The quantitative estimate of drug-likeness (QED) is 0.132. The van der Waals surface area contributed by atoms with Crippen LogP contribution >= 0.6 is 11.8 Å². The molecule has 0 aliphatic carbocycles. The Morgan fingerprint density at radius 3 is 2.62 bits per heavy atom. The third kappa shape index (κ3) is 5.90. The molecule has 4 aromatic rings. The summed E-state index contributed by atoms with van der Waals surface area (Å²) in [5.41, 5.74) is -7.89. The van der Waals surface area contributed by atoms with Gasteiger partial charge in [0.1, 0.15) is 40.7 Å². The van der Waals surface area contributed by atoms with Crippen LogP contribution in [0, 0.1) is 24.0 Å². The lowest BCUT2D eigenvalue weighted by Crippen LogP contribution is -2.46. The molecule has 0 spiro atoms. The number of alkyl halides is 4. The highest BCUT2D eigenvalue weighted by atomic mass is 32.2. The molecule has 7 rings (SSSR count). The van der Waals surface area contributed by atoms with Gasteiger partial charge in [0, 0.05) is 48.8 Å². The van der Waals surface area contributed by atoms with Crippen LogP contribution in [0.3, 0.4) is 0 Å². The van der Waals surface area contributed by atoms with E-state index in [0.717, 1.165) is 12.5 Å². The number of hydrogen-bond donors (Lipinski definition) is 1. The van der Waals surface area contributed by atoms with Crippen LogP contribution in [0.5, 0.6) is 6.01 Å². The van der Waals surface area contributed by atoms with Crippen LogP contribution in [-0.4, -0.2) is 80.6 Å². The predicted octanol–water partition coefficient (Wildman–Crippen LogP) is 7.02. The van der Waals surface area contributed by atoms with Gasteiger partial charge in [-0.25, -0.2) is 18.2 Å². The maximum absolute atomic E-state index is 16.9. The van der Waals surface area contributed by atoms with E-state index in [2.05, 4.69) is 20.9 Å². The van der Waals surface area contributed by atoms with E-state index in [4.69, 9.17) is 11.2 Å². The first kappa shape index (κ1) is 32.7. The van der Waals surface area contributed by atoms with E-state index in [-0.39, 0.29) is 59.8 Å². The Hall–Kier alpha value is -3.80. The Balaban J connectivity index is 1.47. The van der Waals surface area contributed by atoms with Gasteiger partial charge in [-0.1, -0.05) is 30.2 Å². The molecule has 0 radical (unpaired) electrons. The number of rotatable bonds is 6. The molecule has 0 unspecified atom stereocenters. The fraction of sp³-hybridized carbons (Fsp3) is 0.441. The Labute approximate surface area is 276 Å². The first-order chi connectivity index (χ1) is 22.8. The summed E-state index contributed by atoms with van der Waals surface area (Å²) in [5.74, 6) is 0.349. The third-order valence-electron chi connectivity index (χ3n) is 9.52. The van der Waals surface area contributed by atoms with Crippen molar-refractivity contribution < 1.29 is 36.2 Å². The number of benzene rings is 2. The molecule has 3 fully saturated rings. The second-order valence-corrected chi connectivity index (χ2v) is 14.1. The molecule has 3 saturated heterocycles. The average Bonchev–Trinajstić information content (AvgIpc) is 3.55. The van der Waals surface area contributed by atoms with E-state index in [0.29, 0.717) is 37.7 Å². The molecule has 5 heterocycles. The molecule has 252 valence electrons. The second-order valence-electron chi connectivity index (χ2n) is 13.0. The minimum absolute atomic E-state index is 0.00602. The Morgan fingerprint density at radius 2 is 1.88 bits per heavy atom. The fourth-order valence-corrected chi connectivity index (χ4v) is 8.15. The van der Waals surface area contributed by atoms with Crippen LogP contribution in [0.2, 0.25) is 0 Å². The minimum atomic E-state index is -4.85. The van der Waals surface area contributed by atoms with Crippen LogP contribution in [0.4, 0.5) is 32.2 Å². The van der Waals surface area contributed by atoms with Crippen molar-refractivity contribution in [2.75, 3.05) is 37.7 Å². The van der Waals surface area contributed by atoms with Gasteiger partial charge >= 0.3 is 11.5 Å². The Bertz CT molecular complexity index is 1970. The smallest absolute Gasteiger partial charge is 0.447 e. The van der Waals surface area contributed by atoms with Gasteiger partial charge in [-0.05, 0) is 50.6 Å². The highest BCUT2D eigenvalue weighted by Crippen LogP contribution is 2.46. The summed E-state index contributed by atoms with van der Waals surface area (Å²) in [4.78, 5) is 16.7. The molecule has 2 aromatic carbocycles. The van der Waals surface area contributed by atoms with E-state index in [1.54, 1.807) is 24.0 Å². The van der Waals surface area contributed by atoms with Crippen LogP contribution < -0.4 is 9.64 Å². The van der Waals surface area contributed by atoms with Gasteiger partial charge in [0.25, 0.3) is 0 Å². The monoisotopic (exact) mass is 687 g/mol. The topological polar surface area (TPSA) is 74.6 Å². The van der Waals surface area contributed by atoms with Crippen LogP contribution in [0.25, 0.3) is 32.9 Å². The minimum Gasteiger partial charge on any atom is -0.461 e. The molecule has 1 N–H and O–H groups in total. The number of nitrogens with zero attached hydrogens (tertiary/aromatic N) is 5. The molecule has 2 aromatic heterocycles. The van der Waals surface area contributed by atoms with Gasteiger partial charge in [-0.15, -0.1) is 6.42 Å². The summed E-state index contributed by atoms with van der Waals surface area (Å²) in [6.45, 7) is 2.86. The molecular formula is C34H31F6N5O2S. The van der Waals surface area contributed by atoms with Crippen molar-refractivity contribution in [2.24, 2.45) is 0 Å². The number of fused-ring (bicyclic) bond motifs is 3. The summed E-state index contributed by atoms with van der Waals surface area (Å²) in [5, 5.41) is 10.5. The number of aliphatic hydroxyl groups is 1. The first-order valence-corrected chi connectivity index (χ1v) is 16.4. The molecule has 3 aliphatic heterocycles. The maximum Gasteiger partial charge on any atom is 0.447 e. The van der Waals surface area contributed by atoms with E-state index in [1.807, 2.05) is 4.90 Å². The van der Waals surface area contributed by atoms with Gasteiger partial charge in [-0.3, -0.25) is 4.90 Å². The van der Waals surface area contributed by atoms with Crippen LogP contribution in [0.1, 0.15) is 44.6 Å². The van der Waals surface area contributed by atoms with Crippen molar-refractivity contribution in [1.82, 2.24) is 19.9 Å². The Kier molecular flexibility index (Phi) is 8.16. The number of halogens is 6. The maximum atomic E-state index is 16.9. The van der Waals surface area contributed by atoms with E-state index in [1.165, 1.54) is 12.1 Å². The summed E-state index contributed by atoms with van der Waals surface area (Å²) < 4.78 is 94.9. The number of piperidine rings is 1. The lowest BCUT2D eigenvalue weighted by atomic mass is 9.94. The number of thioether (sulfide) groups is 1. The number of aromatic nitrogens is 3. The van der Waals surface area contributed by atoms with Crippen molar-refractivity contribution in [3.05, 3.63) is 47.5 Å². The molecule has 14 heteroatoms. The number of anilines is 1. The third-order valence-corrected chi connectivity index (χ3v) is 10.2. The highest BCUT2D eigenvalue weighted by Gasteiger charge is 2.49. The van der Waals surface area contributed by atoms with E-state index in [9.17, 15) is 27.1 Å². The number of hydrogen-bond acceptors (Lipinski definition) is 8. The fourth-order valence-electron chi connectivity index (χ4n) is 7.50. The zero-order valence-electron chi connectivity index (χ0n) is 25.9. The molecule has 0 amide bonds. The summed E-state index contributed by atoms with van der Waals surface area (Å²) in [7, 11) is 0. The lowest BCUT2D eigenvalue weighted by molar-refractivity contribution is -0.0329. The SMILES string of the molecule is C#Cc1c(F)ccc2cccc(-c3nc(SC(F)(F)F)c4c(N5CCC[C@@](C)(O)C5)nc(OC[C@@]56CCCN5C[C@H](F)C6)nc4c3F)c12. The zero-order chi connectivity index (χ0) is 34.0. The summed E-state index contributed by atoms with van der Waals surface area (Å²) >= 11 is -0.555. The first-order valence-electron chi connectivity index (χ1n) is 15.6. The van der Waals surface area contributed by atoms with Gasteiger partial charge in [-0.2, -0.15) is 23.1 Å². The van der Waals surface area contributed by atoms with E-state index >= 15 is 4.39 Å². The number of β-amino-alcohol motifs (C(OH)–C–C–N with tert-alkyl or cyclic N) is 1. The van der Waals surface area contributed by atoms with Crippen molar-refractivity contribution >= 4 is 39.3 Å². The molecule has 48 heavy (non-hydrogen) atoms. The molecule has 7 nitrogen and oxygen atoms in total. The lowest BCUT2D eigenvalue weighted by Gasteiger charge is -2.38.